The molecule has 0 bridgehead atoms. The first-order valence-electron chi connectivity index (χ1n) is 9.64. The van der Waals surface area contributed by atoms with E-state index in [0.29, 0.717) is 12.5 Å². The predicted octanol–water partition coefficient (Wildman–Crippen LogP) is 2.02. The molecule has 0 radical (unpaired) electrons. The molecule has 1 aromatic rings. The summed E-state index contributed by atoms with van der Waals surface area (Å²) in [6.45, 7) is 6.00. The third-order valence-electron chi connectivity index (χ3n) is 6.30. The number of thiophene rings is 1. The van der Waals surface area contributed by atoms with Gasteiger partial charge in [-0.05, 0) is 36.8 Å². The van der Waals surface area contributed by atoms with Crippen molar-refractivity contribution in [2.75, 3.05) is 45.9 Å². The molecule has 1 aliphatic carbocycles. The number of carbonyl (C=O) groups excluding carboxylic acids is 1. The van der Waals surface area contributed by atoms with Crippen molar-refractivity contribution in [3.8, 4) is 0 Å². The second-order valence-electron chi connectivity index (χ2n) is 7.62. The molecule has 1 amide bonds. The molecular formula is C19H29N3O2S. The number of hydrogen-bond donors (Lipinski definition) is 2. The standard InChI is InChI=1S/C19H29N3O2S/c23-18(19-6-2-1-4-15(19)12-20-14-19)21-13-16(17-5-3-11-25-17)22-7-9-24-10-8-22/h3,5,11,15-16,20H,1-2,4,6-10,12-14H2,(H,21,23)/t15-,16?,19+/m0/s1. The van der Waals surface area contributed by atoms with Gasteiger partial charge in [0.05, 0.1) is 24.7 Å². The molecule has 1 aromatic heterocycles. The molecule has 0 spiro atoms. The quantitative estimate of drug-likeness (QED) is 0.840. The third-order valence-corrected chi connectivity index (χ3v) is 7.28. The Morgan fingerprint density at radius 1 is 1.44 bits per heavy atom. The van der Waals surface area contributed by atoms with Crippen molar-refractivity contribution < 1.29 is 9.53 Å². The molecule has 138 valence electrons. The molecule has 3 atom stereocenters. The van der Waals surface area contributed by atoms with E-state index in [0.717, 1.165) is 45.8 Å². The Balaban J connectivity index is 1.44. The summed E-state index contributed by atoms with van der Waals surface area (Å²) in [6, 6.07) is 4.56. The summed E-state index contributed by atoms with van der Waals surface area (Å²) < 4.78 is 5.51. The normalized spacial score (nSPS) is 31.4. The van der Waals surface area contributed by atoms with Crippen LogP contribution in [0.1, 0.15) is 36.6 Å². The fraction of sp³-hybridized carbons (Fsp3) is 0.737. The summed E-state index contributed by atoms with van der Waals surface area (Å²) in [4.78, 5) is 17.0. The second kappa shape index (κ2) is 7.74. The van der Waals surface area contributed by atoms with Crippen LogP contribution in [-0.4, -0.2) is 56.7 Å². The lowest BCUT2D eigenvalue weighted by atomic mass is 9.67. The van der Waals surface area contributed by atoms with Crippen molar-refractivity contribution in [3.05, 3.63) is 22.4 Å². The zero-order chi connectivity index (χ0) is 17.1. The van der Waals surface area contributed by atoms with E-state index in [-0.39, 0.29) is 17.4 Å². The number of nitrogens with one attached hydrogen (secondary N) is 2. The highest BCUT2D eigenvalue weighted by molar-refractivity contribution is 7.10. The van der Waals surface area contributed by atoms with Gasteiger partial charge >= 0.3 is 0 Å². The van der Waals surface area contributed by atoms with Crippen LogP contribution >= 0.6 is 11.3 Å². The SMILES string of the molecule is O=C(NCC(c1cccs1)N1CCOCC1)[C@@]12CCCC[C@H]1CNC2. The van der Waals surface area contributed by atoms with Crippen molar-refractivity contribution in [1.82, 2.24) is 15.5 Å². The van der Waals surface area contributed by atoms with E-state index in [9.17, 15) is 4.79 Å². The average molecular weight is 364 g/mol. The van der Waals surface area contributed by atoms with Crippen LogP contribution in [0.25, 0.3) is 0 Å². The summed E-state index contributed by atoms with van der Waals surface area (Å²) in [5, 5.41) is 8.95. The predicted molar refractivity (Wildman–Crippen MR) is 99.7 cm³/mol. The highest BCUT2D eigenvalue weighted by Gasteiger charge is 2.49. The van der Waals surface area contributed by atoms with Crippen molar-refractivity contribution >= 4 is 17.2 Å². The fourth-order valence-corrected chi connectivity index (χ4v) is 5.70. The van der Waals surface area contributed by atoms with Gasteiger partial charge in [-0.3, -0.25) is 9.69 Å². The van der Waals surface area contributed by atoms with Crippen LogP contribution in [0.2, 0.25) is 0 Å². The van der Waals surface area contributed by atoms with Crippen LogP contribution < -0.4 is 10.6 Å². The average Bonchev–Trinajstić information content (AvgIpc) is 3.33. The zero-order valence-electron chi connectivity index (χ0n) is 14.8. The number of amides is 1. The Morgan fingerprint density at radius 3 is 3.12 bits per heavy atom. The lowest BCUT2D eigenvalue weighted by Crippen LogP contribution is -2.50. The van der Waals surface area contributed by atoms with Gasteiger partial charge in [0.15, 0.2) is 0 Å². The van der Waals surface area contributed by atoms with Crippen molar-refractivity contribution in [1.29, 1.82) is 0 Å². The number of nitrogens with zero attached hydrogens (tertiary/aromatic N) is 1. The maximum Gasteiger partial charge on any atom is 0.227 e. The molecule has 1 unspecified atom stereocenters. The van der Waals surface area contributed by atoms with Crippen LogP contribution in [0.4, 0.5) is 0 Å². The third kappa shape index (κ3) is 3.50. The van der Waals surface area contributed by atoms with E-state index in [1.807, 2.05) is 0 Å². The Morgan fingerprint density at radius 2 is 2.32 bits per heavy atom. The number of rotatable bonds is 5. The number of fused-ring (bicyclic) bond motifs is 1. The lowest BCUT2D eigenvalue weighted by Gasteiger charge is -2.38. The molecule has 2 aliphatic heterocycles. The molecule has 3 fully saturated rings. The van der Waals surface area contributed by atoms with E-state index in [1.165, 1.54) is 24.1 Å². The van der Waals surface area contributed by atoms with Crippen LogP contribution in [0, 0.1) is 11.3 Å². The van der Waals surface area contributed by atoms with E-state index < -0.39 is 0 Å². The summed E-state index contributed by atoms with van der Waals surface area (Å²) in [6.07, 6.45) is 4.69. The van der Waals surface area contributed by atoms with Gasteiger partial charge in [-0.1, -0.05) is 18.9 Å². The fourth-order valence-electron chi connectivity index (χ4n) is 4.84. The van der Waals surface area contributed by atoms with Gasteiger partial charge in [0, 0.05) is 31.1 Å². The summed E-state index contributed by atoms with van der Waals surface area (Å²) in [5.41, 5.74) is -0.163. The van der Waals surface area contributed by atoms with Crippen LogP contribution in [0.3, 0.4) is 0 Å². The van der Waals surface area contributed by atoms with Crippen LogP contribution in [-0.2, 0) is 9.53 Å². The molecule has 5 nitrogen and oxygen atoms in total. The van der Waals surface area contributed by atoms with Crippen molar-refractivity contribution in [2.45, 2.75) is 31.7 Å². The Hall–Kier alpha value is -0.950. The molecule has 4 rings (SSSR count). The van der Waals surface area contributed by atoms with Gasteiger partial charge in [-0.25, -0.2) is 0 Å². The highest BCUT2D eigenvalue weighted by Crippen LogP contribution is 2.44. The molecule has 0 aromatic carbocycles. The molecule has 3 heterocycles. The molecule has 6 heteroatoms. The lowest BCUT2D eigenvalue weighted by molar-refractivity contribution is -0.134. The highest BCUT2D eigenvalue weighted by atomic mass is 32.1. The second-order valence-corrected chi connectivity index (χ2v) is 8.60. The Labute approximate surface area is 154 Å². The summed E-state index contributed by atoms with van der Waals surface area (Å²) >= 11 is 1.78. The van der Waals surface area contributed by atoms with E-state index in [1.54, 1.807) is 11.3 Å². The molecule has 2 saturated heterocycles. The van der Waals surface area contributed by atoms with Gasteiger partial charge in [-0.15, -0.1) is 11.3 Å². The van der Waals surface area contributed by atoms with Crippen molar-refractivity contribution in [2.24, 2.45) is 11.3 Å². The molecule has 1 saturated carbocycles. The topological polar surface area (TPSA) is 53.6 Å². The summed E-state index contributed by atoms with van der Waals surface area (Å²) in [5.74, 6) is 0.793. The number of hydrogen-bond acceptors (Lipinski definition) is 5. The Kier molecular flexibility index (Phi) is 5.41. The molecular weight excluding hydrogens is 334 g/mol. The smallest absolute Gasteiger partial charge is 0.227 e. The van der Waals surface area contributed by atoms with Gasteiger partial charge in [0.25, 0.3) is 0 Å². The first kappa shape index (κ1) is 17.5. The largest absolute Gasteiger partial charge is 0.379 e. The minimum Gasteiger partial charge on any atom is -0.379 e. The number of ether oxygens (including phenoxy) is 1. The maximum absolute atomic E-state index is 13.2. The minimum absolute atomic E-state index is 0.163. The van der Waals surface area contributed by atoms with Crippen LogP contribution in [0.5, 0.6) is 0 Å². The van der Waals surface area contributed by atoms with Gasteiger partial charge in [-0.2, -0.15) is 0 Å². The summed E-state index contributed by atoms with van der Waals surface area (Å²) in [7, 11) is 0. The van der Waals surface area contributed by atoms with Gasteiger partial charge in [0.2, 0.25) is 5.91 Å². The first-order valence-corrected chi connectivity index (χ1v) is 10.5. The van der Waals surface area contributed by atoms with Gasteiger partial charge in [0.1, 0.15) is 0 Å². The number of morpholine rings is 1. The Bertz CT molecular complexity index is 573. The van der Waals surface area contributed by atoms with E-state index >= 15 is 0 Å². The van der Waals surface area contributed by atoms with Crippen LogP contribution in [0.15, 0.2) is 17.5 Å². The van der Waals surface area contributed by atoms with E-state index in [4.69, 9.17) is 4.74 Å². The van der Waals surface area contributed by atoms with E-state index in [2.05, 4.69) is 33.0 Å². The molecule has 3 aliphatic rings. The minimum atomic E-state index is -0.163. The number of carbonyl (C=O) groups is 1. The van der Waals surface area contributed by atoms with Gasteiger partial charge < -0.3 is 15.4 Å². The monoisotopic (exact) mass is 363 g/mol. The first-order chi connectivity index (χ1) is 12.3. The maximum atomic E-state index is 13.2. The molecule has 25 heavy (non-hydrogen) atoms. The zero-order valence-corrected chi connectivity index (χ0v) is 15.7. The van der Waals surface area contributed by atoms with Crippen molar-refractivity contribution in [3.63, 3.8) is 0 Å². The molecule has 2 N–H and O–H groups in total.